The number of fused-ring (bicyclic) bond motifs is 1. The van der Waals surface area contributed by atoms with Gasteiger partial charge in [-0.25, -0.2) is 4.98 Å². The molecular formula is C20H24N4O3. The summed E-state index contributed by atoms with van der Waals surface area (Å²) in [6, 6.07) is 12.8. The molecule has 0 radical (unpaired) electrons. The van der Waals surface area contributed by atoms with Crippen LogP contribution in [0.25, 0.3) is 11.0 Å². The predicted octanol–water partition coefficient (Wildman–Crippen LogP) is 3.54. The number of hydrogen-bond donors (Lipinski definition) is 1. The first kappa shape index (κ1) is 18.8. The Bertz CT molecular complexity index is 919. The SMILES string of the molecule is CCNCCn1c(Cc2ccc(OCC)cc2)nc2cc([N+](=O)[O-])ccc21. The summed E-state index contributed by atoms with van der Waals surface area (Å²) in [5.74, 6) is 1.74. The largest absolute Gasteiger partial charge is 0.494 e. The van der Waals surface area contributed by atoms with Crippen molar-refractivity contribution >= 4 is 16.7 Å². The maximum Gasteiger partial charge on any atom is 0.271 e. The Labute approximate surface area is 158 Å². The smallest absolute Gasteiger partial charge is 0.271 e. The van der Waals surface area contributed by atoms with Gasteiger partial charge in [0.15, 0.2) is 0 Å². The van der Waals surface area contributed by atoms with Crippen LogP contribution in [0.15, 0.2) is 42.5 Å². The highest BCUT2D eigenvalue weighted by atomic mass is 16.6. The minimum Gasteiger partial charge on any atom is -0.494 e. The van der Waals surface area contributed by atoms with Crippen LogP contribution in [0.1, 0.15) is 25.2 Å². The molecule has 142 valence electrons. The Morgan fingerprint density at radius 3 is 2.63 bits per heavy atom. The molecule has 7 heteroatoms. The first-order valence-electron chi connectivity index (χ1n) is 9.18. The molecule has 0 amide bonds. The topological polar surface area (TPSA) is 82.2 Å². The average molecular weight is 368 g/mol. The first-order chi connectivity index (χ1) is 13.1. The molecule has 0 saturated carbocycles. The highest BCUT2D eigenvalue weighted by molar-refractivity contribution is 5.78. The number of nitro groups is 1. The van der Waals surface area contributed by atoms with E-state index >= 15 is 0 Å². The second kappa shape index (κ2) is 8.64. The van der Waals surface area contributed by atoms with Crippen LogP contribution in [0.3, 0.4) is 0 Å². The first-order valence-corrected chi connectivity index (χ1v) is 9.18. The predicted molar refractivity (Wildman–Crippen MR) is 105 cm³/mol. The van der Waals surface area contributed by atoms with E-state index in [1.165, 1.54) is 6.07 Å². The fourth-order valence-corrected chi connectivity index (χ4v) is 3.09. The number of ether oxygens (including phenoxy) is 1. The van der Waals surface area contributed by atoms with Crippen LogP contribution < -0.4 is 10.1 Å². The molecule has 0 unspecified atom stereocenters. The zero-order valence-corrected chi connectivity index (χ0v) is 15.6. The van der Waals surface area contributed by atoms with Gasteiger partial charge in [0.1, 0.15) is 11.6 Å². The van der Waals surface area contributed by atoms with E-state index < -0.39 is 0 Å². The Hall–Kier alpha value is -2.93. The molecule has 3 rings (SSSR count). The van der Waals surface area contributed by atoms with E-state index in [1.807, 2.05) is 31.2 Å². The second-order valence-electron chi connectivity index (χ2n) is 6.22. The van der Waals surface area contributed by atoms with Crippen LogP contribution in [0.2, 0.25) is 0 Å². The molecule has 3 aromatic rings. The van der Waals surface area contributed by atoms with E-state index in [2.05, 4.69) is 21.8 Å². The normalized spacial score (nSPS) is 11.0. The lowest BCUT2D eigenvalue weighted by atomic mass is 10.1. The van der Waals surface area contributed by atoms with Gasteiger partial charge in [-0.15, -0.1) is 0 Å². The molecule has 0 aliphatic rings. The van der Waals surface area contributed by atoms with Crippen molar-refractivity contribution in [3.05, 3.63) is 64.0 Å². The highest BCUT2D eigenvalue weighted by Gasteiger charge is 2.15. The lowest BCUT2D eigenvalue weighted by Crippen LogP contribution is -2.20. The van der Waals surface area contributed by atoms with Gasteiger partial charge in [0, 0.05) is 31.6 Å². The monoisotopic (exact) mass is 368 g/mol. The van der Waals surface area contributed by atoms with Gasteiger partial charge in [-0.3, -0.25) is 10.1 Å². The minimum atomic E-state index is -0.386. The molecular weight excluding hydrogens is 344 g/mol. The Morgan fingerprint density at radius 2 is 1.96 bits per heavy atom. The Balaban J connectivity index is 1.93. The van der Waals surface area contributed by atoms with E-state index in [0.717, 1.165) is 42.3 Å². The van der Waals surface area contributed by atoms with E-state index in [9.17, 15) is 10.1 Å². The maximum absolute atomic E-state index is 11.1. The van der Waals surface area contributed by atoms with Crippen molar-refractivity contribution in [3.63, 3.8) is 0 Å². The maximum atomic E-state index is 11.1. The summed E-state index contributed by atoms with van der Waals surface area (Å²) in [6.07, 6.45) is 0.654. The van der Waals surface area contributed by atoms with Crippen LogP contribution in [-0.2, 0) is 13.0 Å². The molecule has 7 nitrogen and oxygen atoms in total. The van der Waals surface area contributed by atoms with Gasteiger partial charge >= 0.3 is 0 Å². The standard InChI is InChI=1S/C20H24N4O3/c1-3-21-11-12-23-19-10-7-16(24(25)26)14-18(19)22-20(23)13-15-5-8-17(9-6-15)27-4-2/h5-10,14,21H,3-4,11-13H2,1-2H3. The zero-order chi connectivity index (χ0) is 19.2. The molecule has 0 aliphatic carbocycles. The lowest BCUT2D eigenvalue weighted by molar-refractivity contribution is -0.384. The van der Waals surface area contributed by atoms with Crippen molar-refractivity contribution in [2.24, 2.45) is 0 Å². The number of aromatic nitrogens is 2. The molecule has 1 N–H and O–H groups in total. The summed E-state index contributed by atoms with van der Waals surface area (Å²) < 4.78 is 7.63. The third kappa shape index (κ3) is 4.43. The number of benzene rings is 2. The van der Waals surface area contributed by atoms with Crippen molar-refractivity contribution in [2.75, 3.05) is 19.7 Å². The summed E-state index contributed by atoms with van der Waals surface area (Å²) in [5, 5.41) is 14.4. The summed E-state index contributed by atoms with van der Waals surface area (Å²) in [6.45, 7) is 7.13. The van der Waals surface area contributed by atoms with Crippen molar-refractivity contribution in [1.82, 2.24) is 14.9 Å². The minimum absolute atomic E-state index is 0.0615. The summed E-state index contributed by atoms with van der Waals surface area (Å²) in [7, 11) is 0. The quantitative estimate of drug-likeness (QED) is 0.355. The fourth-order valence-electron chi connectivity index (χ4n) is 3.09. The van der Waals surface area contributed by atoms with Gasteiger partial charge in [-0.05, 0) is 37.2 Å². The Morgan fingerprint density at radius 1 is 1.19 bits per heavy atom. The van der Waals surface area contributed by atoms with E-state index in [4.69, 9.17) is 4.74 Å². The van der Waals surface area contributed by atoms with Crippen LogP contribution in [-0.4, -0.2) is 34.2 Å². The number of non-ortho nitro benzene ring substituents is 1. The zero-order valence-electron chi connectivity index (χ0n) is 15.6. The van der Waals surface area contributed by atoms with E-state index in [-0.39, 0.29) is 10.6 Å². The molecule has 2 aromatic carbocycles. The van der Waals surface area contributed by atoms with Crippen molar-refractivity contribution < 1.29 is 9.66 Å². The number of nitrogens with one attached hydrogen (secondary N) is 1. The average Bonchev–Trinajstić information content (AvgIpc) is 3.00. The molecule has 0 atom stereocenters. The summed E-state index contributed by atoms with van der Waals surface area (Å²) in [4.78, 5) is 15.4. The summed E-state index contributed by atoms with van der Waals surface area (Å²) >= 11 is 0. The summed E-state index contributed by atoms with van der Waals surface area (Å²) in [5.41, 5.74) is 2.75. The molecule has 1 aromatic heterocycles. The van der Waals surface area contributed by atoms with Crippen LogP contribution in [0.5, 0.6) is 5.75 Å². The number of rotatable bonds is 9. The number of nitrogens with zero attached hydrogens (tertiary/aromatic N) is 3. The number of likely N-dealkylation sites (N-methyl/N-ethyl adjacent to an activating group) is 1. The third-order valence-corrected chi connectivity index (χ3v) is 4.38. The number of nitro benzene ring substituents is 1. The van der Waals surface area contributed by atoms with Crippen LogP contribution in [0.4, 0.5) is 5.69 Å². The van der Waals surface area contributed by atoms with Gasteiger partial charge in [0.25, 0.3) is 5.69 Å². The molecule has 1 heterocycles. The second-order valence-corrected chi connectivity index (χ2v) is 6.22. The Kier molecular flexibility index (Phi) is 6.03. The van der Waals surface area contributed by atoms with E-state index in [1.54, 1.807) is 12.1 Å². The van der Waals surface area contributed by atoms with Gasteiger partial charge in [-0.1, -0.05) is 19.1 Å². The van der Waals surface area contributed by atoms with Crippen molar-refractivity contribution in [1.29, 1.82) is 0 Å². The number of imidazole rings is 1. The van der Waals surface area contributed by atoms with Crippen LogP contribution >= 0.6 is 0 Å². The molecule has 0 fully saturated rings. The lowest BCUT2D eigenvalue weighted by Gasteiger charge is -2.10. The molecule has 0 bridgehead atoms. The van der Waals surface area contributed by atoms with E-state index in [0.29, 0.717) is 18.5 Å². The van der Waals surface area contributed by atoms with Crippen molar-refractivity contribution in [3.8, 4) is 5.75 Å². The van der Waals surface area contributed by atoms with Gasteiger partial charge in [0.05, 0.1) is 22.6 Å². The van der Waals surface area contributed by atoms with Crippen molar-refractivity contribution in [2.45, 2.75) is 26.8 Å². The molecule has 0 saturated heterocycles. The van der Waals surface area contributed by atoms with Gasteiger partial charge < -0.3 is 14.6 Å². The van der Waals surface area contributed by atoms with Crippen LogP contribution in [0, 0.1) is 10.1 Å². The third-order valence-electron chi connectivity index (χ3n) is 4.38. The molecule has 27 heavy (non-hydrogen) atoms. The number of hydrogen-bond acceptors (Lipinski definition) is 5. The van der Waals surface area contributed by atoms with Gasteiger partial charge in [0.2, 0.25) is 0 Å². The fraction of sp³-hybridized carbons (Fsp3) is 0.350. The highest BCUT2D eigenvalue weighted by Crippen LogP contribution is 2.24. The molecule has 0 aliphatic heterocycles. The van der Waals surface area contributed by atoms with Gasteiger partial charge in [-0.2, -0.15) is 0 Å². The molecule has 0 spiro atoms.